The first-order chi connectivity index (χ1) is 13.2. The van der Waals surface area contributed by atoms with E-state index in [9.17, 15) is 4.79 Å². The SMILES string of the molecule is Cc1csc2nc(CN[C@H](CN3CCOCC3)c3ccccc3)cc(=O)n12. The topological polar surface area (TPSA) is 58.9 Å². The van der Waals surface area contributed by atoms with Gasteiger partial charge in [0.15, 0.2) is 4.96 Å². The Balaban J connectivity index is 1.52. The standard InChI is InChI=1S/C20H24N4O2S/c1-15-14-27-20-22-17(11-19(25)24(15)20)12-21-18(16-5-3-2-4-6-16)13-23-7-9-26-10-8-23/h2-6,11,14,18,21H,7-10,12-13H2,1H3/t18-/m1/s1. The van der Waals surface area contributed by atoms with Gasteiger partial charge in [0.05, 0.1) is 18.9 Å². The third-order valence-electron chi connectivity index (χ3n) is 4.90. The molecule has 27 heavy (non-hydrogen) atoms. The number of thiazole rings is 1. The van der Waals surface area contributed by atoms with E-state index in [-0.39, 0.29) is 11.6 Å². The van der Waals surface area contributed by atoms with Crippen molar-refractivity contribution in [2.24, 2.45) is 0 Å². The molecule has 1 saturated heterocycles. The number of hydrogen-bond donors (Lipinski definition) is 1. The van der Waals surface area contributed by atoms with E-state index in [1.54, 1.807) is 10.5 Å². The molecule has 0 saturated carbocycles. The third kappa shape index (κ3) is 4.27. The predicted octanol–water partition coefficient (Wildman–Crippen LogP) is 2.23. The van der Waals surface area contributed by atoms with E-state index in [1.165, 1.54) is 16.9 Å². The summed E-state index contributed by atoms with van der Waals surface area (Å²) in [7, 11) is 0. The molecule has 1 atom stereocenters. The lowest BCUT2D eigenvalue weighted by molar-refractivity contribution is 0.0333. The van der Waals surface area contributed by atoms with Crippen LogP contribution in [0.3, 0.4) is 0 Å². The highest BCUT2D eigenvalue weighted by Crippen LogP contribution is 2.17. The smallest absolute Gasteiger partial charge is 0.259 e. The van der Waals surface area contributed by atoms with E-state index < -0.39 is 0 Å². The molecule has 7 heteroatoms. The number of benzene rings is 1. The third-order valence-corrected chi connectivity index (χ3v) is 5.85. The zero-order valence-corrected chi connectivity index (χ0v) is 16.2. The van der Waals surface area contributed by atoms with Crippen LogP contribution in [0, 0.1) is 6.92 Å². The Bertz CT molecular complexity index is 948. The number of hydrogen-bond acceptors (Lipinski definition) is 6. The summed E-state index contributed by atoms with van der Waals surface area (Å²) in [6, 6.07) is 12.3. The summed E-state index contributed by atoms with van der Waals surface area (Å²) >= 11 is 1.50. The largest absolute Gasteiger partial charge is 0.379 e. The Labute approximate surface area is 162 Å². The Morgan fingerprint density at radius 2 is 2.04 bits per heavy atom. The van der Waals surface area contributed by atoms with Gasteiger partial charge < -0.3 is 10.1 Å². The van der Waals surface area contributed by atoms with Gasteiger partial charge >= 0.3 is 0 Å². The predicted molar refractivity (Wildman–Crippen MR) is 107 cm³/mol. The lowest BCUT2D eigenvalue weighted by atomic mass is 10.1. The van der Waals surface area contributed by atoms with Crippen molar-refractivity contribution in [3.8, 4) is 0 Å². The molecule has 1 N–H and O–H groups in total. The summed E-state index contributed by atoms with van der Waals surface area (Å²) in [6.45, 7) is 6.87. The maximum atomic E-state index is 12.4. The summed E-state index contributed by atoms with van der Waals surface area (Å²) in [4.78, 5) is 20.2. The molecule has 3 aromatic rings. The Kier molecular flexibility index (Phi) is 5.63. The van der Waals surface area contributed by atoms with Gasteiger partial charge in [-0.3, -0.25) is 14.1 Å². The molecular formula is C20H24N4O2S. The monoisotopic (exact) mass is 384 g/mol. The first kappa shape index (κ1) is 18.3. The molecule has 1 aromatic carbocycles. The summed E-state index contributed by atoms with van der Waals surface area (Å²) in [5, 5.41) is 5.57. The van der Waals surface area contributed by atoms with Crippen LogP contribution in [0.2, 0.25) is 0 Å². The second-order valence-corrected chi connectivity index (χ2v) is 7.67. The van der Waals surface area contributed by atoms with Gasteiger partial charge in [-0.2, -0.15) is 0 Å². The van der Waals surface area contributed by atoms with Gasteiger partial charge in [-0.15, -0.1) is 11.3 Å². The number of nitrogens with one attached hydrogen (secondary N) is 1. The van der Waals surface area contributed by atoms with Gasteiger partial charge in [0.2, 0.25) is 0 Å². The van der Waals surface area contributed by atoms with E-state index in [2.05, 4.69) is 39.5 Å². The van der Waals surface area contributed by atoms with E-state index >= 15 is 0 Å². The molecule has 0 amide bonds. The van der Waals surface area contributed by atoms with Crippen LogP contribution in [-0.2, 0) is 11.3 Å². The van der Waals surface area contributed by atoms with Crippen molar-refractivity contribution in [3.05, 3.63) is 69.1 Å². The maximum absolute atomic E-state index is 12.4. The highest BCUT2D eigenvalue weighted by atomic mass is 32.1. The quantitative estimate of drug-likeness (QED) is 0.706. The number of aromatic nitrogens is 2. The summed E-state index contributed by atoms with van der Waals surface area (Å²) in [5.41, 5.74) is 2.94. The van der Waals surface area contributed by atoms with Crippen LogP contribution in [-0.4, -0.2) is 47.1 Å². The fraction of sp³-hybridized carbons (Fsp3) is 0.400. The molecule has 6 nitrogen and oxygen atoms in total. The van der Waals surface area contributed by atoms with Gasteiger partial charge in [0.25, 0.3) is 5.56 Å². The van der Waals surface area contributed by atoms with Crippen LogP contribution in [0.15, 0.2) is 46.6 Å². The fourth-order valence-electron chi connectivity index (χ4n) is 3.43. The molecule has 1 aliphatic rings. The maximum Gasteiger partial charge on any atom is 0.259 e. The van der Waals surface area contributed by atoms with Crippen LogP contribution >= 0.6 is 11.3 Å². The van der Waals surface area contributed by atoms with Crippen molar-refractivity contribution in [3.63, 3.8) is 0 Å². The second-order valence-electron chi connectivity index (χ2n) is 6.84. The fourth-order valence-corrected chi connectivity index (χ4v) is 4.33. The number of morpholine rings is 1. The van der Waals surface area contributed by atoms with Gasteiger partial charge in [-0.25, -0.2) is 4.98 Å². The number of ether oxygens (including phenoxy) is 1. The van der Waals surface area contributed by atoms with Gasteiger partial charge in [-0.05, 0) is 12.5 Å². The van der Waals surface area contributed by atoms with Crippen molar-refractivity contribution in [2.75, 3.05) is 32.8 Å². The van der Waals surface area contributed by atoms with Crippen LogP contribution < -0.4 is 10.9 Å². The highest BCUT2D eigenvalue weighted by molar-refractivity contribution is 7.15. The Morgan fingerprint density at radius 1 is 1.26 bits per heavy atom. The second kappa shape index (κ2) is 8.31. The van der Waals surface area contributed by atoms with Crippen molar-refractivity contribution in [1.82, 2.24) is 19.6 Å². The molecule has 0 bridgehead atoms. The van der Waals surface area contributed by atoms with E-state index in [0.717, 1.165) is 49.2 Å². The normalized spacial score (nSPS) is 16.6. The minimum Gasteiger partial charge on any atom is -0.379 e. The van der Waals surface area contributed by atoms with Crippen molar-refractivity contribution in [1.29, 1.82) is 0 Å². The Hall–Kier alpha value is -2.06. The highest BCUT2D eigenvalue weighted by Gasteiger charge is 2.18. The van der Waals surface area contributed by atoms with Crippen LogP contribution in [0.4, 0.5) is 0 Å². The molecule has 3 heterocycles. The Morgan fingerprint density at radius 3 is 2.81 bits per heavy atom. The van der Waals surface area contributed by atoms with Gasteiger partial charge in [0, 0.05) is 49.4 Å². The first-order valence-corrected chi connectivity index (χ1v) is 10.1. The molecular weight excluding hydrogens is 360 g/mol. The van der Waals surface area contributed by atoms with E-state index in [0.29, 0.717) is 6.54 Å². The molecule has 2 aromatic heterocycles. The summed E-state index contributed by atoms with van der Waals surface area (Å²) in [6.07, 6.45) is 0. The summed E-state index contributed by atoms with van der Waals surface area (Å²) in [5.74, 6) is 0. The van der Waals surface area contributed by atoms with E-state index in [4.69, 9.17) is 4.74 Å². The van der Waals surface area contributed by atoms with Gasteiger partial charge in [-0.1, -0.05) is 30.3 Å². The molecule has 4 rings (SSSR count). The summed E-state index contributed by atoms with van der Waals surface area (Å²) < 4.78 is 7.13. The number of fused-ring (bicyclic) bond motifs is 1. The molecule has 142 valence electrons. The van der Waals surface area contributed by atoms with E-state index in [1.807, 2.05) is 18.4 Å². The van der Waals surface area contributed by atoms with Crippen molar-refractivity contribution >= 4 is 16.3 Å². The average molecular weight is 385 g/mol. The van der Waals surface area contributed by atoms with Crippen LogP contribution in [0.25, 0.3) is 4.96 Å². The zero-order valence-electron chi connectivity index (χ0n) is 15.4. The number of rotatable bonds is 6. The number of nitrogens with zero attached hydrogens (tertiary/aromatic N) is 3. The molecule has 1 aliphatic heterocycles. The molecule has 0 aliphatic carbocycles. The van der Waals surface area contributed by atoms with Crippen molar-refractivity contribution < 1.29 is 4.74 Å². The van der Waals surface area contributed by atoms with Crippen LogP contribution in [0.1, 0.15) is 23.0 Å². The lowest BCUT2D eigenvalue weighted by Gasteiger charge is -2.31. The minimum absolute atomic E-state index is 0.0139. The molecule has 0 unspecified atom stereocenters. The minimum atomic E-state index is -0.0139. The molecule has 1 fully saturated rings. The van der Waals surface area contributed by atoms with Crippen molar-refractivity contribution in [2.45, 2.75) is 19.5 Å². The lowest BCUT2D eigenvalue weighted by Crippen LogP contribution is -2.41. The molecule has 0 spiro atoms. The van der Waals surface area contributed by atoms with Gasteiger partial charge in [0.1, 0.15) is 0 Å². The molecule has 0 radical (unpaired) electrons. The number of aryl methyl sites for hydroxylation is 1. The first-order valence-electron chi connectivity index (χ1n) is 9.26. The average Bonchev–Trinajstić information content (AvgIpc) is 3.08. The van der Waals surface area contributed by atoms with Crippen LogP contribution in [0.5, 0.6) is 0 Å². The zero-order chi connectivity index (χ0) is 18.6.